The molecule has 3 aromatic carbocycles. The number of nitrogens with zero attached hydrogens (tertiary/aromatic N) is 1. The third-order valence-electron chi connectivity index (χ3n) is 4.38. The predicted molar refractivity (Wildman–Crippen MR) is 111 cm³/mol. The van der Waals surface area contributed by atoms with Crippen LogP contribution in [-0.2, 0) is 11.8 Å². The van der Waals surface area contributed by atoms with E-state index in [9.17, 15) is 4.79 Å². The van der Waals surface area contributed by atoms with E-state index in [2.05, 4.69) is 59.4 Å². The van der Waals surface area contributed by atoms with E-state index in [0.717, 1.165) is 10.6 Å². The average Bonchev–Trinajstić information content (AvgIpc) is 2.94. The van der Waals surface area contributed by atoms with E-state index in [1.807, 2.05) is 0 Å². The summed E-state index contributed by atoms with van der Waals surface area (Å²) in [6.45, 7) is 0. The van der Waals surface area contributed by atoms with Crippen LogP contribution in [0.5, 0.6) is 0 Å². The van der Waals surface area contributed by atoms with E-state index < -0.39 is 0 Å². The molecule has 0 saturated carbocycles. The molecule has 26 heavy (non-hydrogen) atoms. The quantitative estimate of drug-likeness (QED) is 0.460. The first-order valence-electron chi connectivity index (χ1n) is 8.27. The Balaban J connectivity index is 1.50. The maximum absolute atomic E-state index is 12.2. The number of halogens is 1. The molecule has 1 aromatic heterocycles. The van der Waals surface area contributed by atoms with Crippen LogP contribution in [0.4, 0.5) is 5.69 Å². The second kappa shape index (κ2) is 7.06. The Labute approximate surface area is 161 Å². The van der Waals surface area contributed by atoms with Crippen LogP contribution in [0, 0.1) is 0 Å². The number of aromatic nitrogens is 1. The van der Waals surface area contributed by atoms with Crippen molar-refractivity contribution in [1.82, 2.24) is 4.57 Å². The fraction of sp³-hybridized carbons (Fsp3) is 0.0952. The summed E-state index contributed by atoms with van der Waals surface area (Å²) in [4.78, 5) is 13.3. The van der Waals surface area contributed by atoms with Gasteiger partial charge < -0.3 is 9.88 Å². The van der Waals surface area contributed by atoms with Gasteiger partial charge in [-0.15, -0.1) is 11.8 Å². The molecule has 5 heteroatoms. The molecular weight excluding hydrogens is 364 g/mol. The van der Waals surface area contributed by atoms with E-state index in [4.69, 9.17) is 11.6 Å². The normalized spacial score (nSPS) is 11.2. The van der Waals surface area contributed by atoms with Crippen molar-refractivity contribution in [1.29, 1.82) is 0 Å². The molecule has 0 spiro atoms. The van der Waals surface area contributed by atoms with Crippen molar-refractivity contribution in [2.75, 3.05) is 11.1 Å². The molecule has 3 nitrogen and oxygen atoms in total. The van der Waals surface area contributed by atoms with Crippen LogP contribution < -0.4 is 5.32 Å². The topological polar surface area (TPSA) is 34.0 Å². The second-order valence-electron chi connectivity index (χ2n) is 6.10. The molecule has 0 aliphatic carbocycles. The molecule has 1 heterocycles. The number of anilines is 1. The highest BCUT2D eigenvalue weighted by Gasteiger charge is 2.09. The van der Waals surface area contributed by atoms with Gasteiger partial charge in [0.15, 0.2) is 0 Å². The SMILES string of the molecule is Cn1c2ccccc2c2ccc(SCC(=O)Nc3ccc(Cl)cc3)cc21. The van der Waals surface area contributed by atoms with Gasteiger partial charge in [0.05, 0.1) is 5.75 Å². The lowest BCUT2D eigenvalue weighted by Crippen LogP contribution is -2.13. The Morgan fingerprint density at radius 2 is 1.73 bits per heavy atom. The van der Waals surface area contributed by atoms with Gasteiger partial charge >= 0.3 is 0 Å². The number of hydrogen-bond donors (Lipinski definition) is 1. The Kier molecular flexibility index (Phi) is 4.62. The van der Waals surface area contributed by atoms with E-state index in [-0.39, 0.29) is 5.91 Å². The van der Waals surface area contributed by atoms with Crippen LogP contribution in [0.15, 0.2) is 71.6 Å². The van der Waals surface area contributed by atoms with Gasteiger partial charge in [-0.3, -0.25) is 4.79 Å². The largest absolute Gasteiger partial charge is 0.344 e. The molecule has 0 fully saturated rings. The molecule has 0 saturated heterocycles. The van der Waals surface area contributed by atoms with Crippen molar-refractivity contribution in [2.45, 2.75) is 4.90 Å². The molecule has 0 atom stereocenters. The zero-order valence-corrected chi connectivity index (χ0v) is 15.8. The van der Waals surface area contributed by atoms with Gasteiger partial charge in [-0.1, -0.05) is 35.9 Å². The molecule has 1 N–H and O–H groups in total. The summed E-state index contributed by atoms with van der Waals surface area (Å²) in [5.41, 5.74) is 3.14. The number of aryl methyl sites for hydroxylation is 1. The van der Waals surface area contributed by atoms with Crippen LogP contribution in [0.2, 0.25) is 5.02 Å². The smallest absolute Gasteiger partial charge is 0.234 e. The van der Waals surface area contributed by atoms with E-state index >= 15 is 0 Å². The van der Waals surface area contributed by atoms with Crippen LogP contribution in [-0.4, -0.2) is 16.2 Å². The molecule has 0 radical (unpaired) electrons. The average molecular weight is 381 g/mol. The summed E-state index contributed by atoms with van der Waals surface area (Å²) in [7, 11) is 2.08. The second-order valence-corrected chi connectivity index (χ2v) is 7.58. The van der Waals surface area contributed by atoms with Gasteiger partial charge in [-0.05, 0) is 42.5 Å². The van der Waals surface area contributed by atoms with Crippen LogP contribution >= 0.6 is 23.4 Å². The minimum atomic E-state index is -0.0329. The first-order valence-corrected chi connectivity index (χ1v) is 9.63. The first kappa shape index (κ1) is 17.0. The molecule has 4 rings (SSSR count). The number of benzene rings is 3. The van der Waals surface area contributed by atoms with Crippen LogP contribution in [0.25, 0.3) is 21.8 Å². The molecule has 4 aromatic rings. The molecule has 1 amide bonds. The number of para-hydroxylation sites is 1. The molecule has 0 aliphatic heterocycles. The number of thioether (sulfide) groups is 1. The van der Waals surface area contributed by atoms with Gasteiger partial charge in [0.25, 0.3) is 0 Å². The van der Waals surface area contributed by atoms with E-state index in [0.29, 0.717) is 10.8 Å². The highest BCUT2D eigenvalue weighted by Crippen LogP contribution is 2.31. The highest BCUT2D eigenvalue weighted by atomic mass is 35.5. The van der Waals surface area contributed by atoms with Gasteiger partial charge in [0.2, 0.25) is 5.91 Å². The summed E-state index contributed by atoms with van der Waals surface area (Å²) in [5.74, 6) is 0.326. The Morgan fingerprint density at radius 3 is 2.54 bits per heavy atom. The fourth-order valence-electron chi connectivity index (χ4n) is 3.11. The number of rotatable bonds is 4. The number of carbonyl (C=O) groups is 1. The van der Waals surface area contributed by atoms with Crippen molar-refractivity contribution in [3.8, 4) is 0 Å². The third kappa shape index (κ3) is 3.30. The minimum Gasteiger partial charge on any atom is -0.344 e. The molecule has 130 valence electrons. The number of amides is 1. The summed E-state index contributed by atoms with van der Waals surface area (Å²) in [6, 6.07) is 21.9. The first-order chi connectivity index (χ1) is 12.6. The van der Waals surface area contributed by atoms with Gasteiger partial charge in [0.1, 0.15) is 0 Å². The summed E-state index contributed by atoms with van der Waals surface area (Å²) < 4.78 is 2.20. The Bertz CT molecular complexity index is 1100. The number of fused-ring (bicyclic) bond motifs is 3. The predicted octanol–water partition coefficient (Wildman–Crippen LogP) is 5.72. The van der Waals surface area contributed by atoms with E-state index in [1.54, 1.807) is 24.3 Å². The molecule has 0 bridgehead atoms. The maximum atomic E-state index is 12.2. The lowest BCUT2D eigenvalue weighted by atomic mass is 10.2. The van der Waals surface area contributed by atoms with Crippen LogP contribution in [0.1, 0.15) is 0 Å². The molecular formula is C21H17ClN2OS. The summed E-state index contributed by atoms with van der Waals surface area (Å²) in [6.07, 6.45) is 0. The van der Waals surface area contributed by atoms with Crippen LogP contribution in [0.3, 0.4) is 0 Å². The van der Waals surface area contributed by atoms with Crippen molar-refractivity contribution >= 4 is 56.8 Å². The number of carbonyl (C=O) groups excluding carboxylic acids is 1. The van der Waals surface area contributed by atoms with E-state index in [1.165, 1.54) is 33.6 Å². The van der Waals surface area contributed by atoms with Crippen molar-refractivity contribution in [2.24, 2.45) is 7.05 Å². The fourth-order valence-corrected chi connectivity index (χ4v) is 3.96. The van der Waals surface area contributed by atoms with Crippen molar-refractivity contribution in [3.63, 3.8) is 0 Å². The van der Waals surface area contributed by atoms with Gasteiger partial charge in [-0.25, -0.2) is 0 Å². The monoisotopic (exact) mass is 380 g/mol. The minimum absolute atomic E-state index is 0.0329. The highest BCUT2D eigenvalue weighted by molar-refractivity contribution is 8.00. The zero-order chi connectivity index (χ0) is 18.1. The Morgan fingerprint density at radius 1 is 1.00 bits per heavy atom. The van der Waals surface area contributed by atoms with Crippen molar-refractivity contribution in [3.05, 3.63) is 71.8 Å². The summed E-state index contributed by atoms with van der Waals surface area (Å²) in [5, 5.41) is 6.03. The number of nitrogens with one attached hydrogen (secondary N) is 1. The molecule has 0 aliphatic rings. The van der Waals surface area contributed by atoms with Crippen molar-refractivity contribution < 1.29 is 4.79 Å². The Hall–Kier alpha value is -2.43. The molecule has 0 unspecified atom stereocenters. The standard InChI is InChI=1S/C21H17ClN2OS/c1-24-19-5-3-2-4-17(19)18-11-10-16(12-20(18)24)26-13-21(25)23-15-8-6-14(22)7-9-15/h2-12H,13H2,1H3,(H,23,25). The lowest BCUT2D eigenvalue weighted by Gasteiger charge is -2.06. The van der Waals surface area contributed by atoms with Gasteiger partial charge in [0, 0.05) is 44.5 Å². The number of hydrogen-bond acceptors (Lipinski definition) is 2. The lowest BCUT2D eigenvalue weighted by molar-refractivity contribution is -0.113. The van der Waals surface area contributed by atoms with Gasteiger partial charge in [-0.2, -0.15) is 0 Å². The zero-order valence-electron chi connectivity index (χ0n) is 14.2. The summed E-state index contributed by atoms with van der Waals surface area (Å²) >= 11 is 7.39. The maximum Gasteiger partial charge on any atom is 0.234 e. The third-order valence-corrected chi connectivity index (χ3v) is 5.63.